The highest BCUT2D eigenvalue weighted by atomic mass is 15.2. The molecule has 3 aliphatic rings. The van der Waals surface area contributed by atoms with Crippen LogP contribution in [0.5, 0.6) is 0 Å². The fraction of sp³-hybridized carbons (Fsp3) is 1.00. The summed E-state index contributed by atoms with van der Waals surface area (Å²) in [5.41, 5.74) is 5.97. The molecule has 0 aromatic heterocycles. The molecular weight excluding hydrogens is 196 g/mol. The first kappa shape index (κ1) is 11.0. The Kier molecular flexibility index (Phi) is 3.21. The SMILES string of the molecule is NCC(C1CC1)N1CCC2CCCCC2C1. The van der Waals surface area contributed by atoms with Crippen LogP contribution in [0.3, 0.4) is 0 Å². The quantitative estimate of drug-likeness (QED) is 0.793. The summed E-state index contributed by atoms with van der Waals surface area (Å²) in [6, 6.07) is 0.725. The van der Waals surface area contributed by atoms with Crippen molar-refractivity contribution in [2.45, 2.75) is 51.0 Å². The predicted molar refractivity (Wildman–Crippen MR) is 67.2 cm³/mol. The van der Waals surface area contributed by atoms with Gasteiger partial charge >= 0.3 is 0 Å². The summed E-state index contributed by atoms with van der Waals surface area (Å²) in [6.07, 6.45) is 10.3. The summed E-state index contributed by atoms with van der Waals surface area (Å²) in [6.45, 7) is 3.59. The molecular formula is C14H26N2. The second-order valence-corrected chi connectivity index (χ2v) is 6.23. The molecule has 3 fully saturated rings. The van der Waals surface area contributed by atoms with Crippen LogP contribution in [0.4, 0.5) is 0 Å². The second-order valence-electron chi connectivity index (χ2n) is 6.23. The van der Waals surface area contributed by atoms with Gasteiger partial charge in [0.25, 0.3) is 0 Å². The van der Waals surface area contributed by atoms with Crippen molar-refractivity contribution in [2.24, 2.45) is 23.5 Å². The van der Waals surface area contributed by atoms with Gasteiger partial charge in [0, 0.05) is 19.1 Å². The molecule has 0 amide bonds. The maximum Gasteiger partial charge on any atom is 0.0246 e. The predicted octanol–water partition coefficient (Wildman–Crippen LogP) is 2.24. The zero-order chi connectivity index (χ0) is 11.0. The molecule has 2 saturated carbocycles. The summed E-state index contributed by atoms with van der Waals surface area (Å²) in [7, 11) is 0. The van der Waals surface area contributed by atoms with Gasteiger partial charge in [0.1, 0.15) is 0 Å². The lowest BCUT2D eigenvalue weighted by Crippen LogP contribution is -2.50. The molecule has 2 nitrogen and oxygen atoms in total. The molecule has 0 aromatic carbocycles. The zero-order valence-electron chi connectivity index (χ0n) is 10.4. The number of nitrogens with two attached hydrogens (primary N) is 1. The Morgan fingerprint density at radius 3 is 2.44 bits per heavy atom. The van der Waals surface area contributed by atoms with E-state index in [1.807, 2.05) is 0 Å². The molecule has 2 heteroatoms. The van der Waals surface area contributed by atoms with Gasteiger partial charge in [-0.3, -0.25) is 4.90 Å². The molecule has 3 unspecified atom stereocenters. The first-order valence-corrected chi connectivity index (χ1v) is 7.32. The molecule has 1 aliphatic heterocycles. The lowest BCUT2D eigenvalue weighted by atomic mass is 9.75. The first-order valence-electron chi connectivity index (χ1n) is 7.32. The minimum atomic E-state index is 0.725. The fourth-order valence-electron chi connectivity index (χ4n) is 4.05. The minimum absolute atomic E-state index is 0.725. The molecule has 0 bridgehead atoms. The van der Waals surface area contributed by atoms with Crippen LogP contribution in [0.15, 0.2) is 0 Å². The van der Waals surface area contributed by atoms with E-state index in [1.54, 1.807) is 0 Å². The van der Waals surface area contributed by atoms with Gasteiger partial charge in [0.2, 0.25) is 0 Å². The lowest BCUT2D eigenvalue weighted by Gasteiger charge is -2.44. The van der Waals surface area contributed by atoms with Gasteiger partial charge in [-0.05, 0) is 50.0 Å². The lowest BCUT2D eigenvalue weighted by molar-refractivity contribution is 0.0521. The van der Waals surface area contributed by atoms with Crippen LogP contribution in [-0.2, 0) is 0 Å². The van der Waals surface area contributed by atoms with Crippen LogP contribution in [0.25, 0.3) is 0 Å². The number of likely N-dealkylation sites (tertiary alicyclic amines) is 1. The monoisotopic (exact) mass is 222 g/mol. The van der Waals surface area contributed by atoms with E-state index in [0.717, 1.165) is 30.3 Å². The Labute approximate surface area is 99.6 Å². The van der Waals surface area contributed by atoms with Gasteiger partial charge in [-0.2, -0.15) is 0 Å². The summed E-state index contributed by atoms with van der Waals surface area (Å²) >= 11 is 0. The highest BCUT2D eigenvalue weighted by molar-refractivity contribution is 4.93. The van der Waals surface area contributed by atoms with Crippen molar-refractivity contribution in [1.29, 1.82) is 0 Å². The minimum Gasteiger partial charge on any atom is -0.329 e. The van der Waals surface area contributed by atoms with Crippen molar-refractivity contribution in [3.63, 3.8) is 0 Å². The molecule has 0 aromatic rings. The molecule has 2 N–H and O–H groups in total. The maximum absolute atomic E-state index is 5.97. The van der Waals surface area contributed by atoms with Crippen LogP contribution < -0.4 is 5.73 Å². The molecule has 2 aliphatic carbocycles. The number of hydrogen-bond donors (Lipinski definition) is 1. The average Bonchev–Trinajstić information content (AvgIpc) is 3.14. The molecule has 0 radical (unpaired) electrons. The van der Waals surface area contributed by atoms with E-state index in [0.29, 0.717) is 0 Å². The van der Waals surface area contributed by atoms with Crippen LogP contribution in [0.1, 0.15) is 44.9 Å². The fourth-order valence-corrected chi connectivity index (χ4v) is 4.05. The molecule has 92 valence electrons. The van der Waals surface area contributed by atoms with E-state index in [9.17, 15) is 0 Å². The summed E-state index contributed by atoms with van der Waals surface area (Å²) in [4.78, 5) is 2.74. The molecule has 0 spiro atoms. The summed E-state index contributed by atoms with van der Waals surface area (Å²) < 4.78 is 0. The number of hydrogen-bond acceptors (Lipinski definition) is 2. The van der Waals surface area contributed by atoms with Crippen LogP contribution >= 0.6 is 0 Å². The second kappa shape index (κ2) is 4.66. The van der Waals surface area contributed by atoms with Gasteiger partial charge in [-0.25, -0.2) is 0 Å². The van der Waals surface area contributed by atoms with Crippen molar-refractivity contribution < 1.29 is 0 Å². The number of fused-ring (bicyclic) bond motifs is 1. The van der Waals surface area contributed by atoms with E-state index < -0.39 is 0 Å². The van der Waals surface area contributed by atoms with Gasteiger partial charge in [0.15, 0.2) is 0 Å². The Hall–Kier alpha value is -0.0800. The maximum atomic E-state index is 5.97. The van der Waals surface area contributed by atoms with E-state index in [1.165, 1.54) is 58.0 Å². The Morgan fingerprint density at radius 2 is 1.75 bits per heavy atom. The van der Waals surface area contributed by atoms with Crippen molar-refractivity contribution in [2.75, 3.05) is 19.6 Å². The highest BCUT2D eigenvalue weighted by Crippen LogP contribution is 2.40. The van der Waals surface area contributed by atoms with E-state index >= 15 is 0 Å². The summed E-state index contributed by atoms with van der Waals surface area (Å²) in [5.74, 6) is 3.02. The van der Waals surface area contributed by atoms with Gasteiger partial charge in [0.05, 0.1) is 0 Å². The highest BCUT2D eigenvalue weighted by Gasteiger charge is 2.39. The van der Waals surface area contributed by atoms with Crippen molar-refractivity contribution >= 4 is 0 Å². The molecule has 1 saturated heterocycles. The van der Waals surface area contributed by atoms with E-state index in [2.05, 4.69) is 4.90 Å². The summed E-state index contributed by atoms with van der Waals surface area (Å²) in [5, 5.41) is 0. The third-order valence-electron chi connectivity index (χ3n) is 5.20. The average molecular weight is 222 g/mol. The largest absolute Gasteiger partial charge is 0.329 e. The van der Waals surface area contributed by atoms with Crippen molar-refractivity contribution in [3.8, 4) is 0 Å². The molecule has 1 heterocycles. The van der Waals surface area contributed by atoms with Crippen molar-refractivity contribution in [1.82, 2.24) is 4.90 Å². The Morgan fingerprint density at radius 1 is 1.00 bits per heavy atom. The number of rotatable bonds is 3. The first-order chi connectivity index (χ1) is 7.88. The van der Waals surface area contributed by atoms with Crippen LogP contribution in [0.2, 0.25) is 0 Å². The van der Waals surface area contributed by atoms with E-state index in [4.69, 9.17) is 5.73 Å². The molecule has 3 rings (SSSR count). The Balaban J connectivity index is 1.60. The van der Waals surface area contributed by atoms with Gasteiger partial charge in [-0.1, -0.05) is 19.3 Å². The zero-order valence-corrected chi connectivity index (χ0v) is 10.4. The molecule has 3 atom stereocenters. The number of nitrogens with zero attached hydrogens (tertiary/aromatic N) is 1. The van der Waals surface area contributed by atoms with Crippen molar-refractivity contribution in [3.05, 3.63) is 0 Å². The van der Waals surface area contributed by atoms with E-state index in [-0.39, 0.29) is 0 Å². The topological polar surface area (TPSA) is 29.3 Å². The van der Waals surface area contributed by atoms with Gasteiger partial charge in [-0.15, -0.1) is 0 Å². The van der Waals surface area contributed by atoms with Crippen LogP contribution in [0, 0.1) is 17.8 Å². The Bertz CT molecular complexity index is 237. The third-order valence-corrected chi connectivity index (χ3v) is 5.20. The number of piperidine rings is 1. The van der Waals surface area contributed by atoms with Gasteiger partial charge < -0.3 is 5.73 Å². The molecule has 16 heavy (non-hydrogen) atoms. The van der Waals surface area contributed by atoms with Crippen LogP contribution in [-0.4, -0.2) is 30.6 Å². The normalized spacial score (nSPS) is 38.1. The standard InChI is InChI=1S/C14H26N2/c15-9-14(12-5-6-12)16-8-7-11-3-1-2-4-13(11)10-16/h11-14H,1-10,15H2. The smallest absolute Gasteiger partial charge is 0.0246 e. The third kappa shape index (κ3) is 2.14.